The second-order valence-electron chi connectivity index (χ2n) is 6.93. The van der Waals surface area contributed by atoms with Crippen LogP contribution in [0.25, 0.3) is 0 Å². The fourth-order valence-corrected chi connectivity index (χ4v) is 4.25. The zero-order valence-electron chi connectivity index (χ0n) is 13.3. The summed E-state index contributed by atoms with van der Waals surface area (Å²) < 4.78 is 32.1. The predicted molar refractivity (Wildman–Crippen MR) is 85.1 cm³/mol. The maximum absolute atomic E-state index is 11.4. The molecular formula is C17H26O3S. The van der Waals surface area contributed by atoms with Crippen LogP contribution in [0.4, 0.5) is 0 Å². The highest BCUT2D eigenvalue weighted by molar-refractivity contribution is 7.85. The Hall–Kier alpha value is -0.870. The van der Waals surface area contributed by atoms with Crippen molar-refractivity contribution in [1.82, 2.24) is 0 Å². The first-order valence-electron chi connectivity index (χ1n) is 7.78. The summed E-state index contributed by atoms with van der Waals surface area (Å²) in [7, 11) is -4.13. The van der Waals surface area contributed by atoms with Crippen LogP contribution in [0.2, 0.25) is 0 Å². The van der Waals surface area contributed by atoms with Crippen molar-refractivity contribution in [3.63, 3.8) is 0 Å². The minimum absolute atomic E-state index is 0.0174. The third-order valence-electron chi connectivity index (χ3n) is 4.97. The van der Waals surface area contributed by atoms with Crippen molar-refractivity contribution in [3.05, 3.63) is 29.3 Å². The van der Waals surface area contributed by atoms with Gasteiger partial charge in [-0.05, 0) is 66.7 Å². The van der Waals surface area contributed by atoms with Crippen LogP contribution in [0.1, 0.15) is 57.1 Å². The van der Waals surface area contributed by atoms with Gasteiger partial charge in [-0.25, -0.2) is 0 Å². The Morgan fingerprint density at radius 1 is 1.24 bits per heavy atom. The fraction of sp³-hybridized carbons (Fsp3) is 0.647. The molecule has 0 aromatic heterocycles. The van der Waals surface area contributed by atoms with E-state index >= 15 is 0 Å². The average molecular weight is 310 g/mol. The Morgan fingerprint density at radius 2 is 1.90 bits per heavy atom. The Morgan fingerprint density at radius 3 is 2.48 bits per heavy atom. The number of hydrogen-bond acceptors (Lipinski definition) is 2. The summed E-state index contributed by atoms with van der Waals surface area (Å²) in [6.45, 7) is 8.79. The van der Waals surface area contributed by atoms with Crippen molar-refractivity contribution < 1.29 is 13.0 Å². The van der Waals surface area contributed by atoms with Crippen LogP contribution in [-0.4, -0.2) is 13.0 Å². The summed E-state index contributed by atoms with van der Waals surface area (Å²) in [5, 5.41) is 0. The van der Waals surface area contributed by atoms with E-state index in [1.807, 2.05) is 13.0 Å². The van der Waals surface area contributed by atoms with Gasteiger partial charge in [0, 0.05) is 0 Å². The van der Waals surface area contributed by atoms with Crippen LogP contribution in [-0.2, 0) is 10.1 Å². The van der Waals surface area contributed by atoms with E-state index < -0.39 is 10.1 Å². The molecule has 1 aromatic carbocycles. The Bertz CT molecular complexity index is 604. The quantitative estimate of drug-likeness (QED) is 0.841. The van der Waals surface area contributed by atoms with Gasteiger partial charge in [0.15, 0.2) is 0 Å². The van der Waals surface area contributed by atoms with Gasteiger partial charge in [0.1, 0.15) is 0 Å². The zero-order chi connectivity index (χ0) is 15.8. The number of benzene rings is 1. The van der Waals surface area contributed by atoms with E-state index in [9.17, 15) is 13.0 Å². The maximum atomic E-state index is 11.4. The lowest BCUT2D eigenvalue weighted by Crippen LogP contribution is -2.26. The first-order chi connectivity index (χ1) is 9.70. The summed E-state index contributed by atoms with van der Waals surface area (Å²) in [6.07, 6.45) is 3.54. The highest BCUT2D eigenvalue weighted by atomic mass is 32.2. The van der Waals surface area contributed by atoms with Gasteiger partial charge in [0.2, 0.25) is 0 Å². The lowest BCUT2D eigenvalue weighted by atomic mass is 9.67. The molecule has 0 bridgehead atoms. The third kappa shape index (κ3) is 3.67. The lowest BCUT2D eigenvalue weighted by molar-refractivity contribution is 0.196. The molecule has 1 saturated carbocycles. The summed E-state index contributed by atoms with van der Waals surface area (Å²) in [5.74, 6) is 2.21. The van der Waals surface area contributed by atoms with Crippen molar-refractivity contribution in [2.75, 3.05) is 0 Å². The largest absolute Gasteiger partial charge is 0.294 e. The Labute approximate surface area is 128 Å². The van der Waals surface area contributed by atoms with Gasteiger partial charge in [0.05, 0.1) is 4.90 Å². The molecule has 0 aliphatic heterocycles. The topological polar surface area (TPSA) is 54.4 Å². The van der Waals surface area contributed by atoms with Crippen LogP contribution >= 0.6 is 0 Å². The van der Waals surface area contributed by atoms with E-state index in [2.05, 4.69) is 20.8 Å². The first kappa shape index (κ1) is 16.5. The summed E-state index contributed by atoms with van der Waals surface area (Å²) >= 11 is 0. The average Bonchev–Trinajstić information content (AvgIpc) is 2.37. The normalized spacial score (nSPS) is 27.0. The molecule has 4 heteroatoms. The van der Waals surface area contributed by atoms with E-state index in [1.165, 1.54) is 18.9 Å². The minimum Gasteiger partial charge on any atom is -0.282 e. The second-order valence-corrected chi connectivity index (χ2v) is 8.35. The summed E-state index contributed by atoms with van der Waals surface area (Å²) in [5.41, 5.74) is 2.21. The molecule has 21 heavy (non-hydrogen) atoms. The third-order valence-corrected chi connectivity index (χ3v) is 5.82. The smallest absolute Gasteiger partial charge is 0.282 e. The van der Waals surface area contributed by atoms with Crippen LogP contribution in [0, 0.1) is 24.7 Å². The van der Waals surface area contributed by atoms with Crippen molar-refractivity contribution >= 4 is 10.1 Å². The van der Waals surface area contributed by atoms with Gasteiger partial charge in [-0.3, -0.25) is 4.55 Å². The predicted octanol–water partition coefficient (Wildman–Crippen LogP) is 4.42. The Balaban J connectivity index is 2.46. The molecule has 0 amide bonds. The molecule has 0 radical (unpaired) electrons. The van der Waals surface area contributed by atoms with Gasteiger partial charge in [-0.15, -0.1) is 0 Å². The number of hydrogen-bond donors (Lipinski definition) is 1. The molecule has 0 saturated heterocycles. The highest BCUT2D eigenvalue weighted by Gasteiger charge is 2.33. The summed E-state index contributed by atoms with van der Waals surface area (Å²) in [6, 6.07) is 4.99. The van der Waals surface area contributed by atoms with E-state index in [-0.39, 0.29) is 4.90 Å². The van der Waals surface area contributed by atoms with Crippen LogP contribution < -0.4 is 0 Å². The molecule has 1 fully saturated rings. The SMILES string of the molecule is Cc1ccc(S(=O)(=O)O)cc1C1CC(C)CCC1C(C)C. The van der Waals surface area contributed by atoms with E-state index in [4.69, 9.17) is 0 Å². The summed E-state index contributed by atoms with van der Waals surface area (Å²) in [4.78, 5) is 0.0174. The maximum Gasteiger partial charge on any atom is 0.294 e. The highest BCUT2D eigenvalue weighted by Crippen LogP contribution is 2.45. The molecule has 0 spiro atoms. The van der Waals surface area contributed by atoms with Crippen LogP contribution in [0.3, 0.4) is 0 Å². The number of aryl methyl sites for hydroxylation is 1. The molecule has 1 aliphatic rings. The van der Waals surface area contributed by atoms with Gasteiger partial charge >= 0.3 is 0 Å². The van der Waals surface area contributed by atoms with Crippen LogP contribution in [0.15, 0.2) is 23.1 Å². The molecule has 118 valence electrons. The first-order valence-corrected chi connectivity index (χ1v) is 9.22. The molecular weight excluding hydrogens is 284 g/mol. The molecule has 1 aliphatic carbocycles. The molecule has 3 atom stereocenters. The molecule has 2 rings (SSSR count). The molecule has 1 aromatic rings. The number of rotatable bonds is 3. The van der Waals surface area contributed by atoms with Crippen LogP contribution in [0.5, 0.6) is 0 Å². The molecule has 3 unspecified atom stereocenters. The molecule has 1 N–H and O–H groups in total. The van der Waals surface area contributed by atoms with Gasteiger partial charge in [0.25, 0.3) is 10.1 Å². The van der Waals surface area contributed by atoms with E-state index in [0.717, 1.165) is 17.5 Å². The molecule has 3 nitrogen and oxygen atoms in total. The van der Waals surface area contributed by atoms with E-state index in [1.54, 1.807) is 6.07 Å². The van der Waals surface area contributed by atoms with Crippen molar-refractivity contribution in [2.45, 2.75) is 57.8 Å². The monoisotopic (exact) mass is 310 g/mol. The van der Waals surface area contributed by atoms with Gasteiger partial charge in [-0.2, -0.15) is 8.42 Å². The van der Waals surface area contributed by atoms with E-state index in [0.29, 0.717) is 23.7 Å². The fourth-order valence-electron chi connectivity index (χ4n) is 3.74. The zero-order valence-corrected chi connectivity index (χ0v) is 14.2. The van der Waals surface area contributed by atoms with Gasteiger partial charge < -0.3 is 0 Å². The van der Waals surface area contributed by atoms with Crippen molar-refractivity contribution in [2.24, 2.45) is 17.8 Å². The van der Waals surface area contributed by atoms with Gasteiger partial charge in [-0.1, -0.05) is 33.3 Å². The standard InChI is InChI=1S/C17H26O3S/c1-11(2)15-8-5-12(3)9-17(15)16-10-14(21(18,19)20)7-6-13(16)4/h6-7,10-12,15,17H,5,8-9H2,1-4H3,(H,18,19,20). The Kier molecular flexibility index (Phi) is 4.79. The lowest BCUT2D eigenvalue weighted by Gasteiger charge is -2.38. The second kappa shape index (κ2) is 6.09. The van der Waals surface area contributed by atoms with Crippen molar-refractivity contribution in [3.8, 4) is 0 Å². The van der Waals surface area contributed by atoms with Crippen molar-refractivity contribution in [1.29, 1.82) is 0 Å². The molecule has 0 heterocycles. The minimum atomic E-state index is -4.13.